The molecular formula is C13H16ClNO4S. The molecule has 0 spiro atoms. The zero-order chi connectivity index (χ0) is 14.8. The van der Waals surface area contributed by atoms with Gasteiger partial charge in [-0.05, 0) is 31.0 Å². The first kappa shape index (κ1) is 15.3. The average molecular weight is 318 g/mol. The van der Waals surface area contributed by atoms with Crippen LogP contribution in [-0.2, 0) is 10.0 Å². The molecule has 2 rings (SSSR count). The zero-order valence-electron chi connectivity index (χ0n) is 10.8. The van der Waals surface area contributed by atoms with E-state index in [0.29, 0.717) is 0 Å². The normalized spacial score (nSPS) is 17.1. The van der Waals surface area contributed by atoms with Crippen LogP contribution in [0, 0.1) is 0 Å². The SMILES string of the molecule is O=C(O)c1ccc(S(=O)(=O)NC2CCCCC2)c(Cl)c1. The Labute approximate surface area is 123 Å². The summed E-state index contributed by atoms with van der Waals surface area (Å²) in [4.78, 5) is 10.7. The number of sulfonamides is 1. The van der Waals surface area contributed by atoms with E-state index in [4.69, 9.17) is 16.7 Å². The largest absolute Gasteiger partial charge is 0.478 e. The molecule has 7 heteroatoms. The lowest BCUT2D eigenvalue weighted by molar-refractivity contribution is 0.0696. The first-order chi connectivity index (χ1) is 9.40. The molecule has 1 fully saturated rings. The first-order valence-electron chi connectivity index (χ1n) is 6.45. The highest BCUT2D eigenvalue weighted by atomic mass is 35.5. The second-order valence-electron chi connectivity index (χ2n) is 4.91. The number of benzene rings is 1. The molecule has 2 N–H and O–H groups in total. The van der Waals surface area contributed by atoms with Gasteiger partial charge >= 0.3 is 5.97 Å². The van der Waals surface area contributed by atoms with Crippen LogP contribution in [0.15, 0.2) is 23.1 Å². The summed E-state index contributed by atoms with van der Waals surface area (Å²) in [6.07, 6.45) is 4.80. The van der Waals surface area contributed by atoms with E-state index in [0.717, 1.165) is 38.2 Å². The molecule has 110 valence electrons. The molecule has 0 bridgehead atoms. The van der Waals surface area contributed by atoms with Gasteiger partial charge in [0.1, 0.15) is 4.90 Å². The van der Waals surface area contributed by atoms with E-state index < -0.39 is 16.0 Å². The van der Waals surface area contributed by atoms with Gasteiger partial charge in [-0.25, -0.2) is 17.9 Å². The number of carbonyl (C=O) groups is 1. The lowest BCUT2D eigenvalue weighted by atomic mass is 9.96. The number of carboxylic acid groups (broad SMARTS) is 1. The van der Waals surface area contributed by atoms with E-state index >= 15 is 0 Å². The van der Waals surface area contributed by atoms with Gasteiger partial charge < -0.3 is 5.11 Å². The van der Waals surface area contributed by atoms with Gasteiger partial charge in [0.15, 0.2) is 0 Å². The Morgan fingerprint density at radius 2 is 1.90 bits per heavy atom. The molecule has 1 aromatic carbocycles. The standard InChI is InChI=1S/C13H16ClNO4S/c14-11-8-9(13(16)17)6-7-12(11)20(18,19)15-10-4-2-1-3-5-10/h6-8,10,15H,1-5H2,(H,16,17). The fourth-order valence-electron chi connectivity index (χ4n) is 2.36. The maximum Gasteiger partial charge on any atom is 0.335 e. The van der Waals surface area contributed by atoms with Gasteiger partial charge in [-0.2, -0.15) is 0 Å². The van der Waals surface area contributed by atoms with Crippen molar-refractivity contribution in [3.63, 3.8) is 0 Å². The van der Waals surface area contributed by atoms with E-state index in [2.05, 4.69) is 4.72 Å². The molecule has 1 aliphatic rings. The number of hydrogen-bond donors (Lipinski definition) is 2. The quantitative estimate of drug-likeness (QED) is 0.894. The molecule has 5 nitrogen and oxygen atoms in total. The summed E-state index contributed by atoms with van der Waals surface area (Å²) in [6, 6.07) is 3.56. The molecule has 0 heterocycles. The summed E-state index contributed by atoms with van der Waals surface area (Å²) in [6.45, 7) is 0. The number of halogens is 1. The molecule has 0 atom stereocenters. The van der Waals surface area contributed by atoms with E-state index in [1.54, 1.807) is 0 Å². The van der Waals surface area contributed by atoms with E-state index in [1.165, 1.54) is 12.1 Å². The topological polar surface area (TPSA) is 83.5 Å². The predicted molar refractivity (Wildman–Crippen MR) is 75.6 cm³/mol. The van der Waals surface area contributed by atoms with Crippen LogP contribution in [0.4, 0.5) is 0 Å². The molecule has 1 aliphatic carbocycles. The van der Waals surface area contributed by atoms with Gasteiger partial charge in [0.2, 0.25) is 10.0 Å². The van der Waals surface area contributed by atoms with Crippen LogP contribution in [0.1, 0.15) is 42.5 Å². The summed E-state index contributed by atoms with van der Waals surface area (Å²) >= 11 is 5.89. The van der Waals surface area contributed by atoms with Crippen molar-refractivity contribution in [1.82, 2.24) is 4.72 Å². The second-order valence-corrected chi connectivity index (χ2v) is 7.00. The Morgan fingerprint density at radius 1 is 1.25 bits per heavy atom. The summed E-state index contributed by atoms with van der Waals surface area (Å²) in [5, 5.41) is 8.76. The van der Waals surface area contributed by atoms with Crippen LogP contribution in [0.3, 0.4) is 0 Å². The Bertz CT molecular complexity index is 609. The number of carboxylic acids is 1. The van der Waals surface area contributed by atoms with Crippen molar-refractivity contribution in [2.45, 2.75) is 43.0 Å². The van der Waals surface area contributed by atoms with Crippen molar-refractivity contribution in [2.75, 3.05) is 0 Å². The molecule has 1 aromatic rings. The summed E-state index contributed by atoms with van der Waals surface area (Å²) in [5.74, 6) is -1.14. The van der Waals surface area contributed by atoms with Gasteiger partial charge in [-0.1, -0.05) is 30.9 Å². The minimum Gasteiger partial charge on any atom is -0.478 e. The van der Waals surface area contributed by atoms with Crippen molar-refractivity contribution in [1.29, 1.82) is 0 Å². The van der Waals surface area contributed by atoms with Crippen molar-refractivity contribution in [3.05, 3.63) is 28.8 Å². The van der Waals surface area contributed by atoms with Crippen molar-refractivity contribution in [3.8, 4) is 0 Å². The van der Waals surface area contributed by atoms with Gasteiger partial charge in [-0.15, -0.1) is 0 Å². The summed E-state index contributed by atoms with van der Waals surface area (Å²) in [7, 11) is -3.71. The molecule has 0 unspecified atom stereocenters. The van der Waals surface area contributed by atoms with Gasteiger partial charge in [-0.3, -0.25) is 0 Å². The van der Waals surface area contributed by atoms with Crippen molar-refractivity contribution in [2.24, 2.45) is 0 Å². The fraction of sp³-hybridized carbons (Fsp3) is 0.462. The van der Waals surface area contributed by atoms with Crippen molar-refractivity contribution >= 4 is 27.6 Å². The van der Waals surface area contributed by atoms with Crippen LogP contribution in [0.5, 0.6) is 0 Å². The van der Waals surface area contributed by atoms with E-state index in [9.17, 15) is 13.2 Å². The van der Waals surface area contributed by atoms with Crippen LogP contribution >= 0.6 is 11.6 Å². The van der Waals surface area contributed by atoms with Crippen LogP contribution in [0.2, 0.25) is 5.02 Å². The molecule has 0 aromatic heterocycles. The molecule has 0 saturated heterocycles. The molecule has 0 radical (unpaired) electrons. The number of aromatic carboxylic acids is 1. The maximum atomic E-state index is 12.3. The lowest BCUT2D eigenvalue weighted by Crippen LogP contribution is -2.36. The minimum atomic E-state index is -3.71. The highest BCUT2D eigenvalue weighted by Gasteiger charge is 2.24. The Hall–Kier alpha value is -1.11. The van der Waals surface area contributed by atoms with Crippen LogP contribution in [-0.4, -0.2) is 25.5 Å². The third-order valence-corrected chi connectivity index (χ3v) is 5.40. The average Bonchev–Trinajstić information content (AvgIpc) is 2.38. The third kappa shape index (κ3) is 3.50. The molecule has 0 amide bonds. The fourth-order valence-corrected chi connectivity index (χ4v) is 4.20. The second kappa shape index (κ2) is 6.11. The molecule has 1 saturated carbocycles. The van der Waals surface area contributed by atoms with Crippen LogP contribution in [0.25, 0.3) is 0 Å². The number of rotatable bonds is 4. The number of nitrogens with one attached hydrogen (secondary N) is 1. The first-order valence-corrected chi connectivity index (χ1v) is 8.31. The molecule has 20 heavy (non-hydrogen) atoms. The maximum absolute atomic E-state index is 12.3. The van der Waals surface area contributed by atoms with Crippen LogP contribution < -0.4 is 4.72 Å². The van der Waals surface area contributed by atoms with Gasteiger partial charge in [0.25, 0.3) is 0 Å². The highest BCUT2D eigenvalue weighted by molar-refractivity contribution is 7.89. The summed E-state index contributed by atoms with van der Waals surface area (Å²) in [5.41, 5.74) is -0.0355. The van der Waals surface area contributed by atoms with Gasteiger partial charge in [0, 0.05) is 6.04 Å². The monoisotopic (exact) mass is 317 g/mol. The lowest BCUT2D eigenvalue weighted by Gasteiger charge is -2.22. The van der Waals surface area contributed by atoms with E-state index in [-0.39, 0.29) is 21.5 Å². The molecule has 0 aliphatic heterocycles. The zero-order valence-corrected chi connectivity index (χ0v) is 12.4. The van der Waals surface area contributed by atoms with Crippen molar-refractivity contribution < 1.29 is 18.3 Å². The van der Waals surface area contributed by atoms with E-state index in [1.807, 2.05) is 0 Å². The Morgan fingerprint density at radius 3 is 2.45 bits per heavy atom. The highest BCUT2D eigenvalue weighted by Crippen LogP contribution is 2.25. The smallest absolute Gasteiger partial charge is 0.335 e. The predicted octanol–water partition coefficient (Wildman–Crippen LogP) is 2.65. The Balaban J connectivity index is 2.22. The third-order valence-electron chi connectivity index (χ3n) is 3.40. The number of hydrogen-bond acceptors (Lipinski definition) is 3. The minimum absolute atomic E-state index is 0.0355. The molecular weight excluding hydrogens is 302 g/mol. The summed E-state index contributed by atoms with van der Waals surface area (Å²) < 4.78 is 27.2. The Kier molecular flexibility index (Phi) is 4.67. The van der Waals surface area contributed by atoms with Gasteiger partial charge in [0.05, 0.1) is 10.6 Å².